The van der Waals surface area contributed by atoms with Crippen molar-refractivity contribution in [2.45, 2.75) is 84.2 Å². The van der Waals surface area contributed by atoms with E-state index >= 15 is 0 Å². The summed E-state index contributed by atoms with van der Waals surface area (Å²) in [6, 6.07) is -1.61. The Hall–Kier alpha value is -3.51. The van der Waals surface area contributed by atoms with Crippen LogP contribution in [0.3, 0.4) is 0 Å². The maximum Gasteiger partial charge on any atom is 0.329 e. The second-order valence-electron chi connectivity index (χ2n) is 10.2. The van der Waals surface area contributed by atoms with E-state index < -0.39 is 18.1 Å². The lowest BCUT2D eigenvalue weighted by molar-refractivity contribution is -0.144. The molecule has 0 heterocycles. The van der Waals surface area contributed by atoms with Crippen molar-refractivity contribution >= 4 is 51.2 Å². The summed E-state index contributed by atoms with van der Waals surface area (Å²) < 4.78 is 4.69. The van der Waals surface area contributed by atoms with Gasteiger partial charge < -0.3 is 26.0 Å². The predicted octanol–water partition coefficient (Wildman–Crippen LogP) is 5.26. The normalized spacial score (nSPS) is 13.2. The van der Waals surface area contributed by atoms with Crippen LogP contribution >= 0.6 is 21.6 Å². The van der Waals surface area contributed by atoms with Gasteiger partial charge in [-0.05, 0) is 44.9 Å². The van der Waals surface area contributed by atoms with Crippen LogP contribution in [0.25, 0.3) is 0 Å². The number of nitrogens with one attached hydrogen (secondary N) is 4. The average molecular weight is 691 g/mol. The Morgan fingerprint density at radius 3 is 1.51 bits per heavy atom. The van der Waals surface area contributed by atoms with E-state index in [1.54, 1.807) is 0 Å². The highest BCUT2D eigenvalue weighted by atomic mass is 33.1. The van der Waals surface area contributed by atoms with E-state index in [-0.39, 0.29) is 48.2 Å². The molecule has 12 heteroatoms. The zero-order valence-corrected chi connectivity index (χ0v) is 30.0. The molecule has 0 saturated carbocycles. The number of carbonyl (C=O) groups excluding carboxylic acids is 5. The van der Waals surface area contributed by atoms with Gasteiger partial charge in [0.25, 0.3) is 0 Å². The summed E-state index contributed by atoms with van der Waals surface area (Å²) in [6.45, 7) is 5.24. The third-order valence-electron chi connectivity index (χ3n) is 5.99. The summed E-state index contributed by atoms with van der Waals surface area (Å²) in [5.74, 6) is -1.30. The van der Waals surface area contributed by atoms with Crippen molar-refractivity contribution < 1.29 is 28.7 Å². The highest BCUT2D eigenvalue weighted by molar-refractivity contribution is 8.76. The molecule has 0 bridgehead atoms. The fourth-order valence-corrected chi connectivity index (χ4v) is 5.98. The van der Waals surface area contributed by atoms with Crippen molar-refractivity contribution in [1.82, 2.24) is 21.3 Å². The number of carbonyl (C=O) groups is 5. The quantitative estimate of drug-likeness (QED) is 0.0417. The first-order valence-corrected chi connectivity index (χ1v) is 18.5. The van der Waals surface area contributed by atoms with Crippen LogP contribution in [-0.2, 0) is 28.7 Å². The van der Waals surface area contributed by atoms with Crippen LogP contribution in [0.5, 0.6) is 0 Å². The number of rotatable bonds is 26. The number of amides is 4. The van der Waals surface area contributed by atoms with Crippen LogP contribution in [0.2, 0.25) is 0 Å². The number of methoxy groups -OCH3 is 1. The molecule has 0 fully saturated rings. The molecule has 262 valence electrons. The molecule has 0 radical (unpaired) electrons. The summed E-state index contributed by atoms with van der Waals surface area (Å²) >= 11 is 0. The minimum absolute atomic E-state index is 0.108. The minimum atomic E-state index is -0.814. The largest absolute Gasteiger partial charge is 0.467 e. The number of esters is 1. The van der Waals surface area contributed by atoms with Crippen molar-refractivity contribution in [2.24, 2.45) is 0 Å². The molecule has 0 aliphatic rings. The first-order chi connectivity index (χ1) is 22.7. The highest BCUT2D eigenvalue weighted by Crippen LogP contribution is 2.23. The molecule has 0 saturated heterocycles. The van der Waals surface area contributed by atoms with Gasteiger partial charge in [0.05, 0.1) is 7.11 Å². The van der Waals surface area contributed by atoms with Crippen molar-refractivity contribution in [2.75, 3.05) is 31.7 Å². The molecule has 0 aromatic heterocycles. The van der Waals surface area contributed by atoms with Gasteiger partial charge in [-0.25, -0.2) is 4.79 Å². The number of hydrogen-bond acceptors (Lipinski definition) is 8. The number of hydrogen-bond donors (Lipinski definition) is 4. The third-order valence-corrected chi connectivity index (χ3v) is 8.41. The van der Waals surface area contributed by atoms with Crippen LogP contribution < -0.4 is 21.3 Å². The Labute approximate surface area is 289 Å². The van der Waals surface area contributed by atoms with Crippen molar-refractivity contribution in [3.8, 4) is 0 Å². The van der Waals surface area contributed by atoms with E-state index in [0.717, 1.165) is 38.5 Å². The maximum atomic E-state index is 12.6. The van der Waals surface area contributed by atoms with Gasteiger partial charge in [-0.1, -0.05) is 101 Å². The van der Waals surface area contributed by atoms with Gasteiger partial charge in [0, 0.05) is 44.9 Å². The summed E-state index contributed by atoms with van der Waals surface area (Å²) in [7, 11) is 3.79. The van der Waals surface area contributed by atoms with Gasteiger partial charge in [0.2, 0.25) is 23.6 Å². The van der Waals surface area contributed by atoms with Gasteiger partial charge in [-0.3, -0.25) is 19.2 Å². The Morgan fingerprint density at radius 2 is 1.04 bits per heavy atom. The van der Waals surface area contributed by atoms with E-state index in [0.29, 0.717) is 12.8 Å². The zero-order chi connectivity index (χ0) is 35.0. The second kappa shape index (κ2) is 31.1. The van der Waals surface area contributed by atoms with E-state index in [2.05, 4.69) is 89.0 Å². The Kier molecular flexibility index (Phi) is 28.8. The number of ether oxygens (including phenoxy) is 1. The lowest BCUT2D eigenvalue weighted by Gasteiger charge is -2.18. The molecule has 4 N–H and O–H groups in total. The Bertz CT molecular complexity index is 1100. The second-order valence-corrected chi connectivity index (χ2v) is 12.7. The molecule has 2 atom stereocenters. The fraction of sp³-hybridized carbons (Fsp3) is 0.514. The molecule has 0 aromatic carbocycles. The lowest BCUT2D eigenvalue weighted by atomic mass is 10.2. The van der Waals surface area contributed by atoms with E-state index in [9.17, 15) is 24.0 Å². The molecule has 0 unspecified atom stereocenters. The van der Waals surface area contributed by atoms with Gasteiger partial charge in [-0.15, -0.1) is 0 Å². The molecule has 0 spiro atoms. The summed E-state index contributed by atoms with van der Waals surface area (Å²) in [5.41, 5.74) is 0. The molecule has 0 aromatic rings. The number of allylic oxidation sites excluding steroid dienone is 12. The van der Waals surface area contributed by atoms with Gasteiger partial charge >= 0.3 is 5.97 Å². The standard InChI is InChI=1S/C35H54N4O6S2/c1-5-6-7-8-9-10-11-12-13-14-15-16-17-18-19-20-21-22-23-24-33(42)36-25-26-37-34(43)31(38-29(2)40)27-46-47-28-32(35(44)45-4)39-30(3)41/h6-7,9-10,12-13,15-16,18-19,21-22,31-32H,5,8,11,14,17,20,23-28H2,1-4H3,(H,36,42)(H,37,43)(H,38,40)(H,39,41)/b7-6-,10-9-,13-12-,16-15-,19-18-,22-21-/t31-,32-/m0/s1. The molecule has 0 aliphatic heterocycles. The zero-order valence-electron chi connectivity index (χ0n) is 28.3. The molecular formula is C35H54N4O6S2. The monoisotopic (exact) mass is 690 g/mol. The predicted molar refractivity (Wildman–Crippen MR) is 196 cm³/mol. The van der Waals surface area contributed by atoms with Crippen LogP contribution in [0, 0.1) is 0 Å². The highest BCUT2D eigenvalue weighted by Gasteiger charge is 2.22. The Balaban J connectivity index is 4.10. The SMILES string of the molecule is CC/C=C\C/C=C\C/C=C\C/C=C\C/C=C\C/C=C\CCC(=O)NCCNC(=O)[C@H](CSSC[C@H](NC(C)=O)C(=O)OC)NC(C)=O. The topological polar surface area (TPSA) is 143 Å². The van der Waals surface area contributed by atoms with Crippen LogP contribution in [0.15, 0.2) is 72.9 Å². The van der Waals surface area contributed by atoms with Crippen LogP contribution in [0.4, 0.5) is 0 Å². The smallest absolute Gasteiger partial charge is 0.329 e. The van der Waals surface area contributed by atoms with Gasteiger partial charge in [-0.2, -0.15) is 0 Å². The van der Waals surface area contributed by atoms with Gasteiger partial charge in [0.15, 0.2) is 0 Å². The molecular weight excluding hydrogens is 637 g/mol. The summed E-state index contributed by atoms with van der Waals surface area (Å²) in [6.07, 6.45) is 32.4. The van der Waals surface area contributed by atoms with Crippen molar-refractivity contribution in [3.63, 3.8) is 0 Å². The maximum absolute atomic E-state index is 12.6. The molecule has 0 rings (SSSR count). The fourth-order valence-electron chi connectivity index (χ4n) is 3.67. The molecule has 10 nitrogen and oxygen atoms in total. The van der Waals surface area contributed by atoms with E-state index in [1.165, 1.54) is 42.5 Å². The van der Waals surface area contributed by atoms with Gasteiger partial charge in [0.1, 0.15) is 12.1 Å². The Morgan fingerprint density at radius 1 is 0.617 bits per heavy atom. The van der Waals surface area contributed by atoms with Crippen LogP contribution in [0.1, 0.15) is 72.1 Å². The lowest BCUT2D eigenvalue weighted by Crippen LogP contribution is -2.49. The van der Waals surface area contributed by atoms with Crippen LogP contribution in [-0.4, -0.2) is 73.4 Å². The summed E-state index contributed by atoms with van der Waals surface area (Å²) in [5, 5.41) is 10.6. The van der Waals surface area contributed by atoms with E-state index in [1.807, 2.05) is 12.2 Å². The molecule has 47 heavy (non-hydrogen) atoms. The van der Waals surface area contributed by atoms with Crippen molar-refractivity contribution in [3.05, 3.63) is 72.9 Å². The first-order valence-electron chi connectivity index (χ1n) is 16.0. The first kappa shape index (κ1) is 43.5. The summed E-state index contributed by atoms with van der Waals surface area (Å²) in [4.78, 5) is 59.4. The molecule has 4 amide bonds. The minimum Gasteiger partial charge on any atom is -0.467 e. The average Bonchev–Trinajstić information content (AvgIpc) is 3.04. The molecule has 0 aliphatic carbocycles. The van der Waals surface area contributed by atoms with E-state index in [4.69, 9.17) is 4.74 Å². The van der Waals surface area contributed by atoms with Crippen molar-refractivity contribution in [1.29, 1.82) is 0 Å². The third kappa shape index (κ3) is 28.4.